The lowest BCUT2D eigenvalue weighted by molar-refractivity contribution is 0.0939. The molecule has 1 aromatic carbocycles. The molecule has 0 unspecified atom stereocenters. The van der Waals surface area contributed by atoms with Gasteiger partial charge in [-0.05, 0) is 18.6 Å². The average Bonchev–Trinajstić information content (AvgIpc) is 3.01. The Morgan fingerprint density at radius 2 is 1.93 bits per heavy atom. The third-order valence-corrected chi connectivity index (χ3v) is 6.73. The van der Waals surface area contributed by atoms with Gasteiger partial charge in [0.05, 0.1) is 9.72 Å². The Hall–Kier alpha value is -1.98. The largest absolute Gasteiger partial charge is 0.287 e. The number of hydrogen-bond donors (Lipinski definition) is 2. The monoisotopic (exact) mass is 460 g/mol. The zero-order valence-corrected chi connectivity index (χ0v) is 17.5. The minimum absolute atomic E-state index is 0.0354. The molecule has 2 aromatic heterocycles. The van der Waals surface area contributed by atoms with Crippen molar-refractivity contribution in [2.75, 3.05) is 0 Å². The summed E-state index contributed by atoms with van der Waals surface area (Å²) in [6.07, 6.45) is 0.635. The molecule has 12 heteroatoms. The summed E-state index contributed by atoms with van der Waals surface area (Å²) in [4.78, 5) is 26.8. The van der Waals surface area contributed by atoms with Crippen LogP contribution in [0.4, 0.5) is 0 Å². The van der Waals surface area contributed by atoms with Gasteiger partial charge in [-0.3, -0.25) is 15.0 Å². The number of aryl methyl sites for hydroxylation is 1. The van der Waals surface area contributed by atoms with E-state index in [4.69, 9.17) is 23.2 Å². The molecule has 0 saturated heterocycles. The van der Waals surface area contributed by atoms with E-state index in [-0.39, 0.29) is 24.8 Å². The number of nitrogens with zero attached hydrogens (tertiary/aromatic N) is 2. The highest BCUT2D eigenvalue weighted by Crippen LogP contribution is 2.33. The molecule has 3 aromatic rings. The van der Waals surface area contributed by atoms with E-state index < -0.39 is 15.9 Å². The van der Waals surface area contributed by atoms with Crippen molar-refractivity contribution in [1.29, 1.82) is 0 Å². The Morgan fingerprint density at radius 1 is 1.25 bits per heavy atom. The Labute approximate surface area is 174 Å². The van der Waals surface area contributed by atoms with Gasteiger partial charge in [-0.25, -0.2) is 13.1 Å². The summed E-state index contributed by atoms with van der Waals surface area (Å²) in [5.74, 6) is -0.818. The summed E-state index contributed by atoms with van der Waals surface area (Å²) in [6.45, 7) is 2.19. The molecule has 148 valence electrons. The Morgan fingerprint density at radius 3 is 2.54 bits per heavy atom. The molecular formula is C16H14Cl2N4O4S2. The lowest BCUT2D eigenvalue weighted by atomic mass is 10.1. The molecular weight excluding hydrogens is 447 g/mol. The van der Waals surface area contributed by atoms with Gasteiger partial charge in [0.1, 0.15) is 9.23 Å². The lowest BCUT2D eigenvalue weighted by Crippen LogP contribution is -2.42. The van der Waals surface area contributed by atoms with Crippen LogP contribution < -0.4 is 15.8 Å². The first-order valence-electron chi connectivity index (χ1n) is 8.01. The maximum Gasteiger partial charge on any atom is 0.287 e. The summed E-state index contributed by atoms with van der Waals surface area (Å²) < 4.78 is 26.0. The van der Waals surface area contributed by atoms with Crippen LogP contribution in [0.5, 0.6) is 0 Å². The molecule has 3 rings (SSSR count). The van der Waals surface area contributed by atoms with Crippen molar-refractivity contribution in [2.45, 2.75) is 24.8 Å². The van der Waals surface area contributed by atoms with E-state index in [1.54, 1.807) is 24.3 Å². The number of fused-ring (bicyclic) bond motifs is 1. The number of hydrazine groups is 1. The Bertz CT molecular complexity index is 1220. The second kappa shape index (κ2) is 8.18. The van der Waals surface area contributed by atoms with Crippen LogP contribution in [0.3, 0.4) is 0 Å². The number of carbonyl (C=O) groups is 1. The number of hydrogen-bond acceptors (Lipinski definition) is 6. The van der Waals surface area contributed by atoms with Crippen molar-refractivity contribution >= 4 is 61.2 Å². The van der Waals surface area contributed by atoms with E-state index in [0.29, 0.717) is 23.7 Å². The number of halogens is 2. The van der Waals surface area contributed by atoms with Crippen LogP contribution in [0.2, 0.25) is 8.67 Å². The van der Waals surface area contributed by atoms with Crippen molar-refractivity contribution in [1.82, 2.24) is 20.0 Å². The molecule has 0 fully saturated rings. The molecule has 0 aliphatic heterocycles. The van der Waals surface area contributed by atoms with Crippen LogP contribution in [0.15, 0.2) is 40.0 Å². The van der Waals surface area contributed by atoms with E-state index in [0.717, 1.165) is 11.3 Å². The summed E-state index contributed by atoms with van der Waals surface area (Å²) >= 11 is 12.5. The van der Waals surface area contributed by atoms with Crippen LogP contribution in [-0.4, -0.2) is 24.1 Å². The highest BCUT2D eigenvalue weighted by Gasteiger charge is 2.23. The molecule has 0 radical (unpaired) electrons. The highest BCUT2D eigenvalue weighted by atomic mass is 35.5. The molecule has 2 heterocycles. The number of sulfonamides is 1. The standard InChI is InChI=1S/C16H14Cl2N4O4S2/c1-2-7-22-16(24)10-6-4-3-5-9(10)13(20-22)15(23)19-21-28(25,26)11-8-12(17)27-14(11)18/h3-6,8,21H,2,7H2,1H3,(H,19,23). The van der Waals surface area contributed by atoms with E-state index in [9.17, 15) is 18.0 Å². The van der Waals surface area contributed by atoms with Gasteiger partial charge in [0, 0.05) is 11.9 Å². The lowest BCUT2D eigenvalue weighted by Gasteiger charge is -2.11. The number of rotatable bonds is 6. The van der Waals surface area contributed by atoms with Crippen LogP contribution in [0.25, 0.3) is 10.8 Å². The predicted molar refractivity (Wildman–Crippen MR) is 108 cm³/mol. The maximum absolute atomic E-state index is 12.6. The average molecular weight is 461 g/mol. The van der Waals surface area contributed by atoms with E-state index in [1.165, 1.54) is 10.7 Å². The number of benzene rings is 1. The number of aromatic nitrogens is 2. The maximum atomic E-state index is 12.6. The first kappa shape index (κ1) is 20.7. The van der Waals surface area contributed by atoms with Crippen LogP contribution in [0, 0.1) is 0 Å². The van der Waals surface area contributed by atoms with Crippen molar-refractivity contribution in [3.63, 3.8) is 0 Å². The van der Waals surface area contributed by atoms with Crippen LogP contribution >= 0.6 is 34.5 Å². The second-order valence-electron chi connectivity index (χ2n) is 5.67. The van der Waals surface area contributed by atoms with Gasteiger partial charge in [0.15, 0.2) is 5.69 Å². The normalized spacial score (nSPS) is 11.7. The van der Waals surface area contributed by atoms with Crippen molar-refractivity contribution in [3.8, 4) is 0 Å². The summed E-state index contributed by atoms with van der Waals surface area (Å²) in [5, 5.41) is 4.72. The number of carbonyl (C=O) groups excluding carboxylic acids is 1. The van der Waals surface area contributed by atoms with Crippen molar-refractivity contribution in [3.05, 3.63) is 55.1 Å². The predicted octanol–water partition coefficient (Wildman–Crippen LogP) is 2.80. The van der Waals surface area contributed by atoms with E-state index >= 15 is 0 Å². The smallest absolute Gasteiger partial charge is 0.272 e. The summed E-state index contributed by atoms with van der Waals surface area (Å²) in [6, 6.07) is 7.66. The Balaban J connectivity index is 1.95. The molecule has 0 saturated carbocycles. The molecule has 28 heavy (non-hydrogen) atoms. The summed E-state index contributed by atoms with van der Waals surface area (Å²) in [5.41, 5.74) is 1.70. The fraction of sp³-hybridized carbons (Fsp3) is 0.188. The zero-order chi connectivity index (χ0) is 20.5. The third kappa shape index (κ3) is 4.06. The van der Waals surface area contributed by atoms with E-state index in [2.05, 4.69) is 10.5 Å². The van der Waals surface area contributed by atoms with Crippen molar-refractivity contribution < 1.29 is 13.2 Å². The number of thiophene rings is 1. The van der Waals surface area contributed by atoms with Gasteiger partial charge in [0.25, 0.3) is 21.5 Å². The number of amides is 1. The molecule has 0 atom stereocenters. The minimum Gasteiger partial charge on any atom is -0.272 e. The molecule has 1 amide bonds. The van der Waals surface area contributed by atoms with Gasteiger partial charge < -0.3 is 0 Å². The fourth-order valence-corrected chi connectivity index (χ4v) is 5.49. The quantitative estimate of drug-likeness (QED) is 0.549. The second-order valence-corrected chi connectivity index (χ2v) is 9.61. The van der Waals surface area contributed by atoms with E-state index in [1.807, 2.05) is 11.8 Å². The Kier molecular flexibility index (Phi) is 6.06. The van der Waals surface area contributed by atoms with Gasteiger partial charge in [0.2, 0.25) is 0 Å². The third-order valence-electron chi connectivity index (χ3n) is 3.73. The molecule has 0 spiro atoms. The van der Waals surface area contributed by atoms with Crippen LogP contribution in [0.1, 0.15) is 23.8 Å². The highest BCUT2D eigenvalue weighted by molar-refractivity contribution is 7.89. The van der Waals surface area contributed by atoms with Crippen molar-refractivity contribution in [2.24, 2.45) is 0 Å². The number of nitrogens with one attached hydrogen (secondary N) is 2. The first-order chi connectivity index (χ1) is 13.2. The topological polar surface area (TPSA) is 110 Å². The minimum atomic E-state index is -4.14. The summed E-state index contributed by atoms with van der Waals surface area (Å²) in [7, 11) is -4.14. The van der Waals surface area contributed by atoms with Gasteiger partial charge in [-0.1, -0.05) is 48.3 Å². The van der Waals surface area contributed by atoms with Gasteiger partial charge >= 0.3 is 0 Å². The molecule has 0 bridgehead atoms. The SMILES string of the molecule is CCCn1nc(C(=O)NNS(=O)(=O)c2cc(Cl)sc2Cl)c2ccccc2c1=O. The molecule has 8 nitrogen and oxygen atoms in total. The molecule has 0 aliphatic rings. The fourth-order valence-electron chi connectivity index (χ4n) is 2.50. The first-order valence-corrected chi connectivity index (χ1v) is 11.1. The van der Waals surface area contributed by atoms with Gasteiger partial charge in [-0.2, -0.15) is 5.10 Å². The van der Waals surface area contributed by atoms with Crippen LogP contribution in [-0.2, 0) is 16.6 Å². The van der Waals surface area contributed by atoms with Gasteiger partial charge in [-0.15, -0.1) is 16.2 Å². The molecule has 2 N–H and O–H groups in total. The zero-order valence-electron chi connectivity index (χ0n) is 14.4. The molecule has 0 aliphatic carbocycles.